The van der Waals surface area contributed by atoms with E-state index in [1.165, 1.54) is 4.88 Å². The molecule has 4 heteroatoms. The largest absolute Gasteiger partial charge is 0.346 e. The van der Waals surface area contributed by atoms with Crippen LogP contribution in [0.3, 0.4) is 0 Å². The molecule has 1 aromatic rings. The lowest BCUT2D eigenvalue weighted by Gasteiger charge is -2.13. The minimum atomic E-state index is 0.121. The Hall–Kier alpha value is -0.350. The van der Waals surface area contributed by atoms with E-state index in [4.69, 9.17) is 0 Å². The second kappa shape index (κ2) is 4.77. The van der Waals surface area contributed by atoms with Crippen molar-refractivity contribution in [3.8, 4) is 0 Å². The van der Waals surface area contributed by atoms with Crippen LogP contribution in [0.4, 0.5) is 0 Å². The smallest absolute Gasteiger partial charge is 0.219 e. The molecule has 0 aliphatic rings. The molecule has 0 saturated heterocycles. The number of thiophene rings is 1. The van der Waals surface area contributed by atoms with Crippen LogP contribution in [-0.2, 0) is 11.2 Å². The molecule has 0 aliphatic carbocycles. The van der Waals surface area contributed by atoms with Crippen molar-refractivity contribution in [3.05, 3.63) is 20.8 Å². The first-order valence-electron chi connectivity index (χ1n) is 4.05. The summed E-state index contributed by atoms with van der Waals surface area (Å²) in [7, 11) is 1.82. The first-order chi connectivity index (χ1) is 6.09. The molecule has 72 valence electrons. The van der Waals surface area contributed by atoms with Gasteiger partial charge in [-0.3, -0.25) is 4.79 Å². The van der Waals surface area contributed by atoms with Gasteiger partial charge in [0, 0.05) is 25.4 Å². The van der Waals surface area contributed by atoms with Gasteiger partial charge in [0.1, 0.15) is 0 Å². The summed E-state index contributed by atoms with van der Waals surface area (Å²) < 4.78 is 1.15. The number of hydrogen-bond donors (Lipinski definition) is 0. The van der Waals surface area contributed by atoms with Crippen molar-refractivity contribution in [3.63, 3.8) is 0 Å². The molecule has 1 amide bonds. The summed E-state index contributed by atoms with van der Waals surface area (Å²) in [5, 5.41) is 0. The zero-order valence-corrected chi connectivity index (χ0v) is 10.1. The topological polar surface area (TPSA) is 20.3 Å². The minimum absolute atomic E-state index is 0.121. The third-order valence-electron chi connectivity index (χ3n) is 1.86. The van der Waals surface area contributed by atoms with Gasteiger partial charge in [-0.05, 0) is 34.5 Å². The van der Waals surface area contributed by atoms with Crippen molar-refractivity contribution in [1.82, 2.24) is 4.90 Å². The first kappa shape index (κ1) is 10.7. The summed E-state index contributed by atoms with van der Waals surface area (Å²) in [6.45, 7) is 2.38. The summed E-state index contributed by atoms with van der Waals surface area (Å²) >= 11 is 5.13. The molecular weight excluding hydrogens is 250 g/mol. The van der Waals surface area contributed by atoms with Gasteiger partial charge < -0.3 is 4.90 Å². The van der Waals surface area contributed by atoms with Gasteiger partial charge in [-0.2, -0.15) is 0 Å². The normalized spacial score (nSPS) is 10.1. The highest BCUT2D eigenvalue weighted by Gasteiger charge is 2.03. The lowest BCUT2D eigenvalue weighted by Crippen LogP contribution is -2.25. The van der Waals surface area contributed by atoms with Crippen LogP contribution < -0.4 is 0 Å². The zero-order chi connectivity index (χ0) is 9.84. The van der Waals surface area contributed by atoms with E-state index in [2.05, 4.69) is 22.0 Å². The molecule has 0 fully saturated rings. The maximum Gasteiger partial charge on any atom is 0.219 e. The number of nitrogens with zero attached hydrogens (tertiary/aromatic N) is 1. The molecule has 0 aliphatic heterocycles. The van der Waals surface area contributed by atoms with E-state index in [0.717, 1.165) is 16.8 Å². The third kappa shape index (κ3) is 3.48. The molecule has 0 bridgehead atoms. The Morgan fingerprint density at radius 3 is 2.77 bits per heavy atom. The Morgan fingerprint density at radius 2 is 2.31 bits per heavy atom. The maximum absolute atomic E-state index is 10.9. The molecule has 0 atom stereocenters. The van der Waals surface area contributed by atoms with Gasteiger partial charge >= 0.3 is 0 Å². The van der Waals surface area contributed by atoms with Gasteiger partial charge in [0.15, 0.2) is 0 Å². The van der Waals surface area contributed by atoms with Crippen LogP contribution in [0.1, 0.15) is 11.8 Å². The molecule has 1 rings (SSSR count). The van der Waals surface area contributed by atoms with Crippen molar-refractivity contribution in [2.75, 3.05) is 13.6 Å². The van der Waals surface area contributed by atoms with E-state index in [0.29, 0.717) is 0 Å². The van der Waals surface area contributed by atoms with Crippen LogP contribution in [0.25, 0.3) is 0 Å². The van der Waals surface area contributed by atoms with Crippen molar-refractivity contribution in [2.24, 2.45) is 0 Å². The lowest BCUT2D eigenvalue weighted by molar-refractivity contribution is -0.127. The van der Waals surface area contributed by atoms with Crippen molar-refractivity contribution >= 4 is 33.2 Å². The Morgan fingerprint density at radius 1 is 1.62 bits per heavy atom. The molecule has 0 saturated carbocycles. The second-order valence-electron chi connectivity index (χ2n) is 2.90. The van der Waals surface area contributed by atoms with Crippen LogP contribution in [0.2, 0.25) is 0 Å². The van der Waals surface area contributed by atoms with Crippen molar-refractivity contribution < 1.29 is 4.79 Å². The van der Waals surface area contributed by atoms with E-state index >= 15 is 0 Å². The standard InChI is InChI=1S/C9H12BrNOS/c1-7(12)11(2)6-5-8-3-4-9(10)13-8/h3-4H,5-6H2,1-2H3. The highest BCUT2D eigenvalue weighted by molar-refractivity contribution is 9.11. The number of likely N-dealkylation sites (N-methyl/N-ethyl adjacent to an activating group) is 1. The average Bonchev–Trinajstić information content (AvgIpc) is 2.47. The quantitative estimate of drug-likeness (QED) is 0.819. The molecule has 1 aromatic heterocycles. The molecule has 2 nitrogen and oxygen atoms in total. The molecule has 0 spiro atoms. The van der Waals surface area contributed by atoms with E-state index in [1.807, 2.05) is 13.1 Å². The highest BCUT2D eigenvalue weighted by Crippen LogP contribution is 2.22. The predicted octanol–water partition coefficient (Wildman–Crippen LogP) is 2.53. The van der Waals surface area contributed by atoms with Crippen LogP contribution >= 0.6 is 27.3 Å². The van der Waals surface area contributed by atoms with E-state index in [-0.39, 0.29) is 5.91 Å². The molecule has 1 heterocycles. The highest BCUT2D eigenvalue weighted by atomic mass is 79.9. The van der Waals surface area contributed by atoms with Gasteiger partial charge in [0.2, 0.25) is 5.91 Å². The number of rotatable bonds is 3. The molecule has 13 heavy (non-hydrogen) atoms. The van der Waals surface area contributed by atoms with Gasteiger partial charge in [-0.25, -0.2) is 0 Å². The third-order valence-corrected chi connectivity index (χ3v) is 3.54. The van der Waals surface area contributed by atoms with Gasteiger partial charge in [0.05, 0.1) is 3.79 Å². The number of amides is 1. The van der Waals surface area contributed by atoms with Crippen LogP contribution in [0.15, 0.2) is 15.9 Å². The number of hydrogen-bond acceptors (Lipinski definition) is 2. The Balaban J connectivity index is 2.39. The van der Waals surface area contributed by atoms with Crippen LogP contribution in [0.5, 0.6) is 0 Å². The monoisotopic (exact) mass is 261 g/mol. The molecule has 0 radical (unpaired) electrons. The number of halogens is 1. The fourth-order valence-corrected chi connectivity index (χ4v) is 2.39. The predicted molar refractivity (Wildman–Crippen MR) is 59.0 cm³/mol. The second-order valence-corrected chi connectivity index (χ2v) is 5.44. The molecule has 0 N–H and O–H groups in total. The molecule has 0 unspecified atom stereocenters. The molecule has 0 aromatic carbocycles. The fraction of sp³-hybridized carbons (Fsp3) is 0.444. The van der Waals surface area contributed by atoms with E-state index in [9.17, 15) is 4.79 Å². The fourth-order valence-electron chi connectivity index (χ4n) is 0.921. The Bertz CT molecular complexity index is 298. The summed E-state index contributed by atoms with van der Waals surface area (Å²) in [5.74, 6) is 0.121. The number of carbonyl (C=O) groups is 1. The average molecular weight is 262 g/mol. The van der Waals surface area contributed by atoms with Gasteiger partial charge in [-0.1, -0.05) is 0 Å². The van der Waals surface area contributed by atoms with Gasteiger partial charge in [0.25, 0.3) is 0 Å². The zero-order valence-electron chi connectivity index (χ0n) is 7.71. The van der Waals surface area contributed by atoms with Crippen molar-refractivity contribution in [1.29, 1.82) is 0 Å². The lowest BCUT2D eigenvalue weighted by atomic mass is 10.3. The molecular formula is C9H12BrNOS. The maximum atomic E-state index is 10.9. The van der Waals surface area contributed by atoms with Crippen LogP contribution in [0, 0.1) is 0 Å². The minimum Gasteiger partial charge on any atom is -0.346 e. The Kier molecular flexibility index (Phi) is 3.93. The summed E-state index contributed by atoms with van der Waals surface area (Å²) in [6.07, 6.45) is 0.937. The summed E-state index contributed by atoms with van der Waals surface area (Å²) in [4.78, 5) is 13.9. The van der Waals surface area contributed by atoms with E-state index < -0.39 is 0 Å². The number of carbonyl (C=O) groups excluding carboxylic acids is 1. The SMILES string of the molecule is CC(=O)N(C)CCc1ccc(Br)s1. The first-order valence-corrected chi connectivity index (χ1v) is 5.66. The Labute approximate surface area is 90.7 Å². The van der Waals surface area contributed by atoms with Crippen LogP contribution in [-0.4, -0.2) is 24.4 Å². The summed E-state index contributed by atoms with van der Waals surface area (Å²) in [5.41, 5.74) is 0. The summed E-state index contributed by atoms with van der Waals surface area (Å²) in [6, 6.07) is 4.12. The van der Waals surface area contributed by atoms with Gasteiger partial charge in [-0.15, -0.1) is 11.3 Å². The van der Waals surface area contributed by atoms with E-state index in [1.54, 1.807) is 23.2 Å². The van der Waals surface area contributed by atoms with Crippen molar-refractivity contribution in [2.45, 2.75) is 13.3 Å².